The van der Waals surface area contributed by atoms with Gasteiger partial charge in [-0.3, -0.25) is 10.00 Å². The van der Waals surface area contributed by atoms with E-state index in [1.165, 1.54) is 29.7 Å². The molecule has 0 bridgehead atoms. The van der Waals surface area contributed by atoms with Gasteiger partial charge in [0, 0.05) is 36.5 Å². The zero-order valence-corrected chi connectivity index (χ0v) is 14.5. The fraction of sp³-hybridized carbons (Fsp3) is 0.350. The molecule has 0 radical (unpaired) electrons. The van der Waals surface area contributed by atoms with Crippen molar-refractivity contribution in [1.82, 2.24) is 25.1 Å². The third-order valence-corrected chi connectivity index (χ3v) is 4.90. The number of aryl methyl sites for hydroxylation is 1. The summed E-state index contributed by atoms with van der Waals surface area (Å²) >= 11 is 0. The molecule has 1 N–H and O–H groups in total. The van der Waals surface area contributed by atoms with Crippen molar-refractivity contribution in [3.05, 3.63) is 65.9 Å². The summed E-state index contributed by atoms with van der Waals surface area (Å²) < 4.78 is 0. The van der Waals surface area contributed by atoms with Crippen LogP contribution < -0.4 is 0 Å². The third-order valence-electron chi connectivity index (χ3n) is 4.90. The first kappa shape index (κ1) is 16.0. The Kier molecular flexibility index (Phi) is 4.57. The molecule has 2 aromatic heterocycles. The van der Waals surface area contributed by atoms with E-state index in [-0.39, 0.29) is 0 Å². The molecule has 0 saturated carbocycles. The third kappa shape index (κ3) is 3.61. The van der Waals surface area contributed by atoms with Gasteiger partial charge in [-0.05, 0) is 37.9 Å². The first-order valence-corrected chi connectivity index (χ1v) is 8.89. The Morgan fingerprint density at radius 1 is 1.20 bits per heavy atom. The average Bonchev–Trinajstić information content (AvgIpc) is 3.11. The second-order valence-electron chi connectivity index (χ2n) is 6.74. The minimum absolute atomic E-state index is 0.488. The molecule has 5 nitrogen and oxygen atoms in total. The number of benzene rings is 1. The summed E-state index contributed by atoms with van der Waals surface area (Å²) in [6.07, 6.45) is 6.23. The number of hydrogen-bond acceptors (Lipinski definition) is 4. The van der Waals surface area contributed by atoms with E-state index >= 15 is 0 Å². The van der Waals surface area contributed by atoms with Crippen molar-refractivity contribution in [3.8, 4) is 11.3 Å². The smallest absolute Gasteiger partial charge is 0.125 e. The SMILES string of the molecule is Cc1nccc([C@@H]2CCCN(Cc3cn[nH]c3-c3ccccc3)C2)n1. The highest BCUT2D eigenvalue weighted by Gasteiger charge is 2.23. The topological polar surface area (TPSA) is 57.7 Å². The Morgan fingerprint density at radius 3 is 2.92 bits per heavy atom. The minimum atomic E-state index is 0.488. The van der Waals surface area contributed by atoms with E-state index < -0.39 is 0 Å². The monoisotopic (exact) mass is 333 g/mol. The van der Waals surface area contributed by atoms with Gasteiger partial charge in [0.15, 0.2) is 0 Å². The molecule has 1 aliphatic rings. The van der Waals surface area contributed by atoms with Crippen LogP contribution in [-0.4, -0.2) is 38.2 Å². The van der Waals surface area contributed by atoms with Crippen LogP contribution in [0.5, 0.6) is 0 Å². The molecule has 1 saturated heterocycles. The highest BCUT2D eigenvalue weighted by molar-refractivity contribution is 5.62. The zero-order chi connectivity index (χ0) is 17.1. The van der Waals surface area contributed by atoms with Gasteiger partial charge in [0.05, 0.1) is 11.9 Å². The van der Waals surface area contributed by atoms with Crippen LogP contribution in [0.25, 0.3) is 11.3 Å². The van der Waals surface area contributed by atoms with Gasteiger partial charge in [0.1, 0.15) is 5.82 Å². The van der Waals surface area contributed by atoms with Gasteiger partial charge in [-0.2, -0.15) is 5.10 Å². The summed E-state index contributed by atoms with van der Waals surface area (Å²) in [6.45, 7) is 5.04. The Hall–Kier alpha value is -2.53. The first-order valence-electron chi connectivity index (χ1n) is 8.89. The molecule has 1 fully saturated rings. The molecule has 1 aromatic carbocycles. The maximum Gasteiger partial charge on any atom is 0.125 e. The highest BCUT2D eigenvalue weighted by atomic mass is 15.2. The van der Waals surface area contributed by atoms with Crippen LogP contribution in [0.3, 0.4) is 0 Å². The lowest BCUT2D eigenvalue weighted by Crippen LogP contribution is -2.34. The van der Waals surface area contributed by atoms with Gasteiger partial charge in [0.25, 0.3) is 0 Å². The fourth-order valence-electron chi connectivity index (χ4n) is 3.67. The number of likely N-dealkylation sites (tertiary alicyclic amines) is 1. The molecule has 1 aliphatic heterocycles. The maximum absolute atomic E-state index is 4.64. The second-order valence-corrected chi connectivity index (χ2v) is 6.74. The summed E-state index contributed by atoms with van der Waals surface area (Å²) in [5.41, 5.74) is 4.74. The van der Waals surface area contributed by atoms with E-state index in [0.717, 1.165) is 31.2 Å². The second kappa shape index (κ2) is 7.15. The predicted molar refractivity (Wildman–Crippen MR) is 98.0 cm³/mol. The van der Waals surface area contributed by atoms with Gasteiger partial charge in [-0.25, -0.2) is 9.97 Å². The summed E-state index contributed by atoms with van der Waals surface area (Å²) in [7, 11) is 0. The minimum Gasteiger partial charge on any atom is -0.298 e. The van der Waals surface area contributed by atoms with E-state index in [2.05, 4.69) is 55.4 Å². The van der Waals surface area contributed by atoms with E-state index in [1.54, 1.807) is 0 Å². The lowest BCUT2D eigenvalue weighted by Gasteiger charge is -2.32. The van der Waals surface area contributed by atoms with Crippen molar-refractivity contribution >= 4 is 0 Å². The van der Waals surface area contributed by atoms with Crippen molar-refractivity contribution in [1.29, 1.82) is 0 Å². The Morgan fingerprint density at radius 2 is 2.08 bits per heavy atom. The number of nitrogens with zero attached hydrogens (tertiary/aromatic N) is 4. The average molecular weight is 333 g/mol. The zero-order valence-electron chi connectivity index (χ0n) is 14.5. The Bertz CT molecular complexity index is 827. The van der Waals surface area contributed by atoms with Crippen LogP contribution >= 0.6 is 0 Å². The molecule has 0 unspecified atom stereocenters. The number of aromatic amines is 1. The van der Waals surface area contributed by atoms with Crippen LogP contribution in [0.15, 0.2) is 48.8 Å². The standard InChI is InChI=1S/C20H23N5/c1-15-21-10-9-19(23-15)17-8-5-11-25(13-17)14-18-12-22-24-20(18)16-6-3-2-4-7-16/h2-4,6-7,9-10,12,17H,5,8,11,13-14H2,1H3,(H,22,24)/t17-/m1/s1. The summed E-state index contributed by atoms with van der Waals surface area (Å²) in [6, 6.07) is 12.5. The lowest BCUT2D eigenvalue weighted by atomic mass is 9.94. The largest absolute Gasteiger partial charge is 0.298 e. The summed E-state index contributed by atoms with van der Waals surface area (Å²) in [5, 5.41) is 7.45. The van der Waals surface area contributed by atoms with E-state index in [1.807, 2.05) is 25.4 Å². The molecular weight excluding hydrogens is 310 g/mol. The van der Waals surface area contributed by atoms with Crippen LogP contribution in [0.4, 0.5) is 0 Å². The normalized spacial score (nSPS) is 18.4. The van der Waals surface area contributed by atoms with Crippen molar-refractivity contribution in [2.24, 2.45) is 0 Å². The van der Waals surface area contributed by atoms with E-state index in [0.29, 0.717) is 5.92 Å². The number of H-pyrrole nitrogens is 1. The number of nitrogens with one attached hydrogen (secondary N) is 1. The molecule has 0 amide bonds. The number of piperidine rings is 1. The molecule has 0 spiro atoms. The van der Waals surface area contributed by atoms with Gasteiger partial charge >= 0.3 is 0 Å². The predicted octanol–water partition coefficient (Wildman–Crippen LogP) is 3.55. The molecule has 3 aromatic rings. The van der Waals surface area contributed by atoms with Crippen LogP contribution in [-0.2, 0) is 6.54 Å². The van der Waals surface area contributed by atoms with Crippen molar-refractivity contribution in [3.63, 3.8) is 0 Å². The van der Waals surface area contributed by atoms with Gasteiger partial charge in [0.2, 0.25) is 0 Å². The molecule has 0 aliphatic carbocycles. The quantitative estimate of drug-likeness (QED) is 0.793. The van der Waals surface area contributed by atoms with E-state index in [4.69, 9.17) is 0 Å². The molecule has 128 valence electrons. The molecule has 5 heteroatoms. The van der Waals surface area contributed by atoms with Gasteiger partial charge in [-0.1, -0.05) is 30.3 Å². The van der Waals surface area contributed by atoms with Gasteiger partial charge in [-0.15, -0.1) is 0 Å². The van der Waals surface area contributed by atoms with Crippen molar-refractivity contribution in [2.75, 3.05) is 13.1 Å². The fourth-order valence-corrected chi connectivity index (χ4v) is 3.67. The van der Waals surface area contributed by atoms with Crippen molar-refractivity contribution in [2.45, 2.75) is 32.2 Å². The first-order chi connectivity index (χ1) is 12.3. The lowest BCUT2D eigenvalue weighted by molar-refractivity contribution is 0.198. The number of hydrogen-bond donors (Lipinski definition) is 1. The Labute approximate surface area is 148 Å². The molecule has 1 atom stereocenters. The maximum atomic E-state index is 4.64. The number of rotatable bonds is 4. The van der Waals surface area contributed by atoms with Crippen LogP contribution in [0.2, 0.25) is 0 Å². The van der Waals surface area contributed by atoms with Crippen LogP contribution in [0.1, 0.15) is 35.8 Å². The van der Waals surface area contributed by atoms with Crippen molar-refractivity contribution < 1.29 is 0 Å². The Balaban J connectivity index is 1.49. The summed E-state index contributed by atoms with van der Waals surface area (Å²) in [5.74, 6) is 1.35. The molecular formula is C20H23N5. The van der Waals surface area contributed by atoms with Gasteiger partial charge < -0.3 is 0 Å². The number of aromatic nitrogens is 4. The van der Waals surface area contributed by atoms with Crippen LogP contribution in [0, 0.1) is 6.92 Å². The molecule has 3 heterocycles. The van der Waals surface area contributed by atoms with E-state index in [9.17, 15) is 0 Å². The molecule has 4 rings (SSSR count). The molecule has 25 heavy (non-hydrogen) atoms. The summed E-state index contributed by atoms with van der Waals surface area (Å²) in [4.78, 5) is 11.4. The highest BCUT2D eigenvalue weighted by Crippen LogP contribution is 2.28.